The molecule has 0 amide bonds. The van der Waals surface area contributed by atoms with Crippen LogP contribution in [0.5, 0.6) is 0 Å². The van der Waals surface area contributed by atoms with E-state index in [1.807, 2.05) is 18.3 Å². The van der Waals surface area contributed by atoms with Crippen LogP contribution in [0.25, 0.3) is 0 Å². The van der Waals surface area contributed by atoms with E-state index in [9.17, 15) is 4.79 Å². The zero-order valence-electron chi connectivity index (χ0n) is 11.5. The van der Waals surface area contributed by atoms with Crippen LogP contribution in [0.15, 0.2) is 53.5 Å². The lowest BCUT2D eigenvalue weighted by molar-refractivity contribution is 0.705. The zero-order chi connectivity index (χ0) is 13.7. The summed E-state index contributed by atoms with van der Waals surface area (Å²) in [6.07, 6.45) is 2.89. The number of nitrogens with one attached hydrogen (secondary N) is 1. The van der Waals surface area contributed by atoms with Gasteiger partial charge in [-0.2, -0.15) is 0 Å². The first-order valence-electron chi connectivity index (χ1n) is 6.62. The van der Waals surface area contributed by atoms with Gasteiger partial charge in [-0.1, -0.05) is 37.3 Å². The Morgan fingerprint density at radius 1 is 1.16 bits per heavy atom. The molecule has 1 unspecified atom stereocenters. The van der Waals surface area contributed by atoms with Crippen molar-refractivity contribution in [3.05, 3.63) is 64.6 Å². The maximum absolute atomic E-state index is 11.3. The third kappa shape index (κ3) is 3.71. The van der Waals surface area contributed by atoms with Gasteiger partial charge in [0.2, 0.25) is 5.56 Å². The predicted octanol–water partition coefficient (Wildman–Crippen LogP) is 2.99. The predicted molar refractivity (Wildman–Crippen MR) is 79.6 cm³/mol. The molecule has 0 saturated heterocycles. The fourth-order valence-corrected chi connectivity index (χ4v) is 2.08. The minimum atomic E-state index is 0.0169. The van der Waals surface area contributed by atoms with Crippen LogP contribution in [0, 0.1) is 0 Å². The third-order valence-electron chi connectivity index (χ3n) is 3.36. The first kappa shape index (κ1) is 13.4. The van der Waals surface area contributed by atoms with Gasteiger partial charge in [0.15, 0.2) is 0 Å². The number of aromatic nitrogens is 1. The highest BCUT2D eigenvalue weighted by atomic mass is 16.1. The van der Waals surface area contributed by atoms with Crippen molar-refractivity contribution in [3.63, 3.8) is 0 Å². The Balaban J connectivity index is 1.86. The van der Waals surface area contributed by atoms with E-state index in [0.29, 0.717) is 5.92 Å². The molecule has 19 heavy (non-hydrogen) atoms. The molecule has 0 aliphatic rings. The highest BCUT2D eigenvalue weighted by Gasteiger charge is 2.04. The molecule has 0 aliphatic carbocycles. The molecule has 0 fully saturated rings. The SMILES string of the molecule is CC(CCNc1ccc(=O)n(C)c1)c1ccccc1. The Labute approximate surface area is 113 Å². The summed E-state index contributed by atoms with van der Waals surface area (Å²) >= 11 is 0. The number of aryl methyl sites for hydroxylation is 1. The van der Waals surface area contributed by atoms with Crippen LogP contribution in [-0.2, 0) is 7.05 Å². The van der Waals surface area contributed by atoms with Crippen LogP contribution >= 0.6 is 0 Å². The average molecular weight is 256 g/mol. The van der Waals surface area contributed by atoms with Gasteiger partial charge >= 0.3 is 0 Å². The number of nitrogens with zero attached hydrogens (tertiary/aromatic N) is 1. The molecule has 2 aromatic rings. The van der Waals surface area contributed by atoms with Crippen molar-refractivity contribution in [2.75, 3.05) is 11.9 Å². The molecule has 0 bridgehead atoms. The standard InChI is InChI=1S/C16H20N2O/c1-13(14-6-4-3-5-7-14)10-11-17-15-8-9-16(19)18(2)12-15/h3-9,12-13,17H,10-11H2,1-2H3. The van der Waals surface area contributed by atoms with E-state index in [4.69, 9.17) is 0 Å². The van der Waals surface area contributed by atoms with Crippen molar-refractivity contribution in [2.24, 2.45) is 7.05 Å². The largest absolute Gasteiger partial charge is 0.384 e. The average Bonchev–Trinajstić information content (AvgIpc) is 2.43. The minimum absolute atomic E-state index is 0.0169. The highest BCUT2D eigenvalue weighted by Crippen LogP contribution is 2.18. The maximum atomic E-state index is 11.3. The molecule has 0 spiro atoms. The molecule has 0 aliphatic heterocycles. The second kappa shape index (κ2) is 6.23. The van der Waals surface area contributed by atoms with Crippen LogP contribution in [0.3, 0.4) is 0 Å². The number of hydrogen-bond acceptors (Lipinski definition) is 2. The van der Waals surface area contributed by atoms with E-state index in [-0.39, 0.29) is 5.56 Å². The lowest BCUT2D eigenvalue weighted by atomic mass is 9.98. The second-order valence-corrected chi connectivity index (χ2v) is 4.89. The molecule has 3 heteroatoms. The molecular weight excluding hydrogens is 236 g/mol. The lowest BCUT2D eigenvalue weighted by Crippen LogP contribution is -2.15. The third-order valence-corrected chi connectivity index (χ3v) is 3.36. The molecule has 1 heterocycles. The van der Waals surface area contributed by atoms with Gasteiger partial charge < -0.3 is 9.88 Å². The minimum Gasteiger partial charge on any atom is -0.384 e. The summed E-state index contributed by atoms with van der Waals surface area (Å²) in [7, 11) is 1.76. The van der Waals surface area contributed by atoms with E-state index in [2.05, 4.69) is 36.5 Å². The van der Waals surface area contributed by atoms with E-state index < -0.39 is 0 Å². The van der Waals surface area contributed by atoms with Gasteiger partial charge in [-0.15, -0.1) is 0 Å². The molecule has 3 nitrogen and oxygen atoms in total. The quantitative estimate of drug-likeness (QED) is 0.892. The summed E-state index contributed by atoms with van der Waals surface area (Å²) in [6, 6.07) is 13.9. The van der Waals surface area contributed by atoms with Crippen molar-refractivity contribution >= 4 is 5.69 Å². The van der Waals surface area contributed by atoms with Crippen LogP contribution in [0.1, 0.15) is 24.8 Å². The van der Waals surface area contributed by atoms with Gasteiger partial charge in [-0.05, 0) is 24.0 Å². The highest BCUT2D eigenvalue weighted by molar-refractivity contribution is 5.40. The lowest BCUT2D eigenvalue weighted by Gasteiger charge is -2.13. The van der Waals surface area contributed by atoms with E-state index >= 15 is 0 Å². The van der Waals surface area contributed by atoms with Crippen molar-refractivity contribution in [2.45, 2.75) is 19.3 Å². The summed E-state index contributed by atoms with van der Waals surface area (Å²) < 4.78 is 1.59. The van der Waals surface area contributed by atoms with Crippen molar-refractivity contribution < 1.29 is 0 Å². The zero-order valence-corrected chi connectivity index (χ0v) is 11.5. The summed E-state index contributed by atoms with van der Waals surface area (Å²) in [5, 5.41) is 3.35. The van der Waals surface area contributed by atoms with Gasteiger partial charge in [-0.3, -0.25) is 4.79 Å². The number of benzene rings is 1. The number of hydrogen-bond donors (Lipinski definition) is 1. The first-order valence-corrected chi connectivity index (χ1v) is 6.62. The number of anilines is 1. The molecule has 1 atom stereocenters. The van der Waals surface area contributed by atoms with E-state index in [0.717, 1.165) is 18.7 Å². The monoisotopic (exact) mass is 256 g/mol. The van der Waals surface area contributed by atoms with Crippen molar-refractivity contribution in [1.82, 2.24) is 4.57 Å². The Morgan fingerprint density at radius 2 is 1.89 bits per heavy atom. The molecule has 1 N–H and O–H groups in total. The molecule has 1 aromatic heterocycles. The van der Waals surface area contributed by atoms with Crippen LogP contribution < -0.4 is 10.9 Å². The van der Waals surface area contributed by atoms with Gasteiger partial charge in [0.25, 0.3) is 0 Å². The Hall–Kier alpha value is -2.03. The van der Waals surface area contributed by atoms with Crippen molar-refractivity contribution in [1.29, 1.82) is 0 Å². The summed E-state index contributed by atoms with van der Waals surface area (Å²) in [4.78, 5) is 11.3. The summed E-state index contributed by atoms with van der Waals surface area (Å²) in [6.45, 7) is 3.13. The molecular formula is C16H20N2O. The summed E-state index contributed by atoms with van der Waals surface area (Å²) in [5.74, 6) is 0.529. The normalized spacial score (nSPS) is 12.1. The molecule has 0 radical (unpaired) electrons. The molecule has 0 saturated carbocycles. The van der Waals surface area contributed by atoms with Gasteiger partial charge in [0.05, 0.1) is 5.69 Å². The van der Waals surface area contributed by atoms with E-state index in [1.165, 1.54) is 5.56 Å². The Morgan fingerprint density at radius 3 is 2.58 bits per heavy atom. The molecule has 1 aromatic carbocycles. The smallest absolute Gasteiger partial charge is 0.250 e. The summed E-state index contributed by atoms with van der Waals surface area (Å²) in [5.41, 5.74) is 2.37. The first-order chi connectivity index (χ1) is 9.16. The number of rotatable bonds is 5. The fourth-order valence-electron chi connectivity index (χ4n) is 2.08. The van der Waals surface area contributed by atoms with E-state index in [1.54, 1.807) is 17.7 Å². The van der Waals surface area contributed by atoms with Crippen LogP contribution in [0.4, 0.5) is 5.69 Å². The maximum Gasteiger partial charge on any atom is 0.250 e. The number of pyridine rings is 1. The fraction of sp³-hybridized carbons (Fsp3) is 0.312. The molecule has 2 rings (SSSR count). The van der Waals surface area contributed by atoms with Gasteiger partial charge in [0, 0.05) is 25.9 Å². The Kier molecular flexibility index (Phi) is 4.39. The van der Waals surface area contributed by atoms with Crippen LogP contribution in [0.2, 0.25) is 0 Å². The van der Waals surface area contributed by atoms with Crippen LogP contribution in [-0.4, -0.2) is 11.1 Å². The molecule has 100 valence electrons. The Bertz CT molecular complexity index is 575. The van der Waals surface area contributed by atoms with Gasteiger partial charge in [0.1, 0.15) is 0 Å². The topological polar surface area (TPSA) is 34.0 Å². The van der Waals surface area contributed by atoms with Gasteiger partial charge in [-0.25, -0.2) is 0 Å². The van der Waals surface area contributed by atoms with Crippen molar-refractivity contribution in [3.8, 4) is 0 Å². The second-order valence-electron chi connectivity index (χ2n) is 4.89.